The largest absolute Gasteiger partial charge is 0.456 e. The number of furan rings is 1. The fourth-order valence-corrected chi connectivity index (χ4v) is 11.5. The smallest absolute Gasteiger partial charge is 0.240 e. The fourth-order valence-electron chi connectivity index (χ4n) is 11.5. The van der Waals surface area contributed by atoms with E-state index >= 15 is 0 Å². The fraction of sp³-hybridized carbons (Fsp3) is 0.0172. The molecule has 15 rings (SSSR count). The number of hydrogen-bond donors (Lipinski definition) is 0. The Bertz CT molecular complexity index is 4070. The summed E-state index contributed by atoms with van der Waals surface area (Å²) >= 11 is 0. The minimum Gasteiger partial charge on any atom is -0.456 e. The number of aromatic nitrogens is 5. The van der Waals surface area contributed by atoms with E-state index in [1.54, 1.807) is 0 Å². The first-order valence-electron chi connectivity index (χ1n) is 21.8. The van der Waals surface area contributed by atoms with Gasteiger partial charge in [0.25, 0.3) is 0 Å². The van der Waals surface area contributed by atoms with E-state index in [4.69, 9.17) is 19.4 Å². The number of fused-ring (bicyclic) bond motifs is 20. The minimum absolute atomic E-state index is 0.505. The van der Waals surface area contributed by atoms with Crippen molar-refractivity contribution in [2.75, 3.05) is 0 Å². The summed E-state index contributed by atoms with van der Waals surface area (Å²) in [7, 11) is 0. The summed E-state index contributed by atoms with van der Waals surface area (Å²) in [4.78, 5) is 16.4. The van der Waals surface area contributed by atoms with Crippen molar-refractivity contribution in [2.24, 2.45) is 0 Å². The second-order valence-corrected chi connectivity index (χ2v) is 17.1. The van der Waals surface area contributed by atoms with Gasteiger partial charge in [0.1, 0.15) is 11.2 Å². The van der Waals surface area contributed by atoms with E-state index in [1.165, 1.54) is 44.5 Å². The molecular formula is C58H33N5O. The highest BCUT2D eigenvalue weighted by Gasteiger charge is 2.52. The molecule has 13 aromatic rings. The molecule has 4 aromatic heterocycles. The van der Waals surface area contributed by atoms with Gasteiger partial charge in [-0.3, -0.25) is 9.13 Å². The molecule has 296 valence electrons. The Morgan fingerprint density at radius 1 is 0.359 bits per heavy atom. The van der Waals surface area contributed by atoms with Crippen LogP contribution in [0.25, 0.3) is 111 Å². The first kappa shape index (κ1) is 34.0. The summed E-state index contributed by atoms with van der Waals surface area (Å²) in [5.74, 6) is 1.63. The zero-order chi connectivity index (χ0) is 41.7. The molecule has 2 aliphatic carbocycles. The molecule has 4 heterocycles. The van der Waals surface area contributed by atoms with Crippen LogP contribution in [0.15, 0.2) is 205 Å². The molecule has 64 heavy (non-hydrogen) atoms. The van der Waals surface area contributed by atoms with Crippen LogP contribution < -0.4 is 0 Å². The average molecular weight is 816 g/mol. The third-order valence-corrected chi connectivity index (χ3v) is 14.0. The molecule has 9 aromatic carbocycles. The highest BCUT2D eigenvalue weighted by molar-refractivity contribution is 6.17. The summed E-state index contributed by atoms with van der Waals surface area (Å²) in [6, 6.07) is 71.8. The molecule has 0 aliphatic heterocycles. The summed E-state index contributed by atoms with van der Waals surface area (Å²) < 4.78 is 10.9. The van der Waals surface area contributed by atoms with Crippen molar-refractivity contribution in [2.45, 2.75) is 5.41 Å². The van der Waals surface area contributed by atoms with Crippen molar-refractivity contribution >= 4 is 65.6 Å². The van der Waals surface area contributed by atoms with Gasteiger partial charge in [-0.05, 0) is 75.3 Å². The number of rotatable bonds is 3. The summed E-state index contributed by atoms with van der Waals surface area (Å²) in [5, 5.41) is 6.69. The SMILES string of the molecule is c1ccc2c(c1)-c1ccccc1C21c2ccccc2-c2c1ccc1c3ccccc3n(-c3nc(-c4ccc5c(c4)oc4ccccc45)nc(-n4c5ccccc5c5ccccc54)n3)c21. The van der Waals surface area contributed by atoms with Gasteiger partial charge in [-0.25, -0.2) is 0 Å². The molecule has 1 spiro atoms. The highest BCUT2D eigenvalue weighted by Crippen LogP contribution is 2.64. The van der Waals surface area contributed by atoms with Crippen molar-refractivity contribution in [3.05, 3.63) is 222 Å². The summed E-state index contributed by atoms with van der Waals surface area (Å²) in [6.45, 7) is 0. The Balaban J connectivity index is 1.08. The van der Waals surface area contributed by atoms with Gasteiger partial charge in [-0.2, -0.15) is 15.0 Å². The third-order valence-electron chi connectivity index (χ3n) is 14.0. The van der Waals surface area contributed by atoms with Gasteiger partial charge in [0.15, 0.2) is 5.82 Å². The first-order chi connectivity index (χ1) is 31.8. The number of nitrogens with zero attached hydrogens (tertiary/aromatic N) is 5. The normalized spacial score (nSPS) is 13.4. The molecular weight excluding hydrogens is 783 g/mol. The maximum atomic E-state index is 6.45. The topological polar surface area (TPSA) is 61.7 Å². The van der Waals surface area contributed by atoms with Gasteiger partial charge in [0.05, 0.1) is 27.5 Å². The molecule has 0 unspecified atom stereocenters. The second-order valence-electron chi connectivity index (χ2n) is 17.1. The molecule has 0 N–H and O–H groups in total. The molecule has 2 aliphatic rings. The molecule has 0 radical (unpaired) electrons. The summed E-state index contributed by atoms with van der Waals surface area (Å²) in [6.07, 6.45) is 0. The molecule has 0 amide bonds. The zero-order valence-corrected chi connectivity index (χ0v) is 34.2. The molecule has 0 saturated heterocycles. The van der Waals surface area contributed by atoms with Crippen LogP contribution in [0.4, 0.5) is 0 Å². The quantitative estimate of drug-likeness (QED) is 0.178. The predicted molar refractivity (Wildman–Crippen MR) is 258 cm³/mol. The molecule has 6 heteroatoms. The highest BCUT2D eigenvalue weighted by atomic mass is 16.3. The lowest BCUT2D eigenvalue weighted by molar-refractivity contribution is 0.669. The van der Waals surface area contributed by atoms with Gasteiger partial charge in [0, 0.05) is 43.4 Å². The van der Waals surface area contributed by atoms with Crippen LogP contribution in [-0.4, -0.2) is 24.1 Å². The van der Waals surface area contributed by atoms with Crippen LogP contribution in [0.1, 0.15) is 22.3 Å². The van der Waals surface area contributed by atoms with E-state index < -0.39 is 5.41 Å². The standard InChI is InChI=1S/C58H33N5O/c1-8-22-44-35(15-1)36-16-2-9-23-45(36)58(44)46-24-10-3-21-43(46)53-47(58)32-31-42-39-19-6-13-27-50(39)63(54(42)53)57-60-55(34-29-30-41-40-20-7-14-28-51(40)64-52(41)33-34)59-56(61-57)62-48-25-11-4-17-37(48)38-18-5-12-26-49(38)62/h1-33H. The lowest BCUT2D eigenvalue weighted by Crippen LogP contribution is -2.25. The summed E-state index contributed by atoms with van der Waals surface area (Å²) in [5.41, 5.74) is 16.2. The van der Waals surface area contributed by atoms with Crippen molar-refractivity contribution in [1.82, 2.24) is 24.1 Å². The van der Waals surface area contributed by atoms with Crippen LogP contribution in [0, 0.1) is 0 Å². The van der Waals surface area contributed by atoms with Crippen molar-refractivity contribution < 1.29 is 4.42 Å². The van der Waals surface area contributed by atoms with Crippen LogP contribution in [0.2, 0.25) is 0 Å². The number of benzene rings is 9. The van der Waals surface area contributed by atoms with E-state index in [9.17, 15) is 0 Å². The Morgan fingerprint density at radius 3 is 1.52 bits per heavy atom. The van der Waals surface area contributed by atoms with E-state index in [0.717, 1.165) is 71.1 Å². The Kier molecular flexibility index (Phi) is 6.53. The van der Waals surface area contributed by atoms with Gasteiger partial charge in [-0.1, -0.05) is 164 Å². The van der Waals surface area contributed by atoms with Crippen molar-refractivity contribution in [3.63, 3.8) is 0 Å². The predicted octanol–water partition coefficient (Wildman–Crippen LogP) is 14.0. The number of para-hydroxylation sites is 4. The van der Waals surface area contributed by atoms with E-state index in [0.29, 0.717) is 17.7 Å². The van der Waals surface area contributed by atoms with E-state index in [2.05, 4.69) is 197 Å². The Hall–Kier alpha value is -8.61. The van der Waals surface area contributed by atoms with Gasteiger partial charge in [-0.15, -0.1) is 0 Å². The first-order valence-corrected chi connectivity index (χ1v) is 21.8. The van der Waals surface area contributed by atoms with Gasteiger partial charge < -0.3 is 4.42 Å². The van der Waals surface area contributed by atoms with Crippen LogP contribution in [0.5, 0.6) is 0 Å². The molecule has 6 nitrogen and oxygen atoms in total. The third kappa shape index (κ3) is 4.22. The average Bonchev–Trinajstić information content (AvgIpc) is 4.14. The van der Waals surface area contributed by atoms with Gasteiger partial charge in [0.2, 0.25) is 11.9 Å². The van der Waals surface area contributed by atoms with Crippen LogP contribution >= 0.6 is 0 Å². The lowest BCUT2D eigenvalue weighted by atomic mass is 9.70. The lowest BCUT2D eigenvalue weighted by Gasteiger charge is -2.30. The monoisotopic (exact) mass is 815 g/mol. The van der Waals surface area contributed by atoms with Crippen LogP contribution in [0.3, 0.4) is 0 Å². The number of hydrogen-bond acceptors (Lipinski definition) is 4. The molecule has 0 atom stereocenters. The molecule has 0 bridgehead atoms. The van der Waals surface area contributed by atoms with Crippen LogP contribution in [-0.2, 0) is 5.41 Å². The molecule has 0 saturated carbocycles. The van der Waals surface area contributed by atoms with Crippen molar-refractivity contribution in [3.8, 4) is 45.5 Å². The Labute approximate surface area is 366 Å². The second kappa shape index (κ2) is 12.3. The van der Waals surface area contributed by atoms with Gasteiger partial charge >= 0.3 is 0 Å². The minimum atomic E-state index is -0.505. The molecule has 0 fully saturated rings. The maximum absolute atomic E-state index is 6.45. The van der Waals surface area contributed by atoms with E-state index in [1.807, 2.05) is 12.1 Å². The zero-order valence-electron chi connectivity index (χ0n) is 34.2. The van der Waals surface area contributed by atoms with E-state index in [-0.39, 0.29) is 0 Å². The van der Waals surface area contributed by atoms with Crippen molar-refractivity contribution in [1.29, 1.82) is 0 Å². The maximum Gasteiger partial charge on any atom is 0.240 e. The Morgan fingerprint density at radius 2 is 0.844 bits per heavy atom.